The van der Waals surface area contributed by atoms with Gasteiger partial charge in [-0.05, 0) is 12.8 Å². The maximum Gasteiger partial charge on any atom is 0.407 e. The predicted molar refractivity (Wildman–Crippen MR) is 53.1 cm³/mol. The largest absolute Gasteiger partial charge is 0.444 e. The van der Waals surface area contributed by atoms with Gasteiger partial charge in [-0.2, -0.15) is 0 Å². The van der Waals surface area contributed by atoms with Crippen LogP contribution >= 0.6 is 0 Å². The molecule has 1 rings (SSSR count). The number of alkyl carbamates (subject to hydrolysis) is 1. The van der Waals surface area contributed by atoms with Gasteiger partial charge in [-0.15, -0.1) is 0 Å². The van der Waals surface area contributed by atoms with Gasteiger partial charge >= 0.3 is 6.09 Å². The van der Waals surface area contributed by atoms with Crippen molar-refractivity contribution in [2.75, 3.05) is 13.2 Å². The van der Waals surface area contributed by atoms with Crippen LogP contribution in [0.15, 0.2) is 0 Å². The summed E-state index contributed by atoms with van der Waals surface area (Å²) in [6, 6.07) is 0.143. The Labute approximate surface area is 85.0 Å². The van der Waals surface area contributed by atoms with Crippen molar-refractivity contribution >= 4 is 6.09 Å². The molecule has 1 amide bonds. The molecule has 0 aromatic heterocycles. The minimum atomic E-state index is -0.332. The fraction of sp³-hybridized carbons (Fsp3) is 0.900. The van der Waals surface area contributed by atoms with Crippen molar-refractivity contribution in [2.24, 2.45) is 5.92 Å². The van der Waals surface area contributed by atoms with Gasteiger partial charge in [0.1, 0.15) is 6.10 Å². The number of carbonyl (C=O) groups is 1. The van der Waals surface area contributed by atoms with Gasteiger partial charge in [0.05, 0.1) is 13.2 Å². The zero-order valence-corrected chi connectivity index (χ0v) is 9.08. The molecule has 82 valence electrons. The lowest BCUT2D eigenvalue weighted by Crippen LogP contribution is -2.38. The molecule has 1 aliphatic rings. The van der Waals surface area contributed by atoms with E-state index < -0.39 is 0 Å². The van der Waals surface area contributed by atoms with Crippen LogP contribution in [0.3, 0.4) is 0 Å². The van der Waals surface area contributed by atoms with Crippen LogP contribution in [0.4, 0.5) is 4.79 Å². The summed E-state index contributed by atoms with van der Waals surface area (Å²) in [5.41, 5.74) is 0. The summed E-state index contributed by atoms with van der Waals surface area (Å²) in [6.45, 7) is 7.31. The Kier molecular flexibility index (Phi) is 4.20. The number of amides is 1. The quantitative estimate of drug-likeness (QED) is 0.753. The lowest BCUT2D eigenvalue weighted by Gasteiger charge is -2.18. The summed E-state index contributed by atoms with van der Waals surface area (Å²) in [6.07, 6.45) is 0.416. The van der Waals surface area contributed by atoms with Gasteiger partial charge in [-0.25, -0.2) is 4.79 Å². The Balaban J connectivity index is 2.21. The monoisotopic (exact) mass is 201 g/mol. The van der Waals surface area contributed by atoms with Crippen LogP contribution in [-0.2, 0) is 9.47 Å². The average Bonchev–Trinajstić information content (AvgIpc) is 2.56. The van der Waals surface area contributed by atoms with Gasteiger partial charge < -0.3 is 14.8 Å². The second kappa shape index (κ2) is 5.20. The van der Waals surface area contributed by atoms with Gasteiger partial charge in [0.2, 0.25) is 0 Å². The van der Waals surface area contributed by atoms with E-state index in [1.165, 1.54) is 0 Å². The van der Waals surface area contributed by atoms with E-state index in [1.807, 2.05) is 6.92 Å². The number of rotatable bonds is 3. The highest BCUT2D eigenvalue weighted by Gasteiger charge is 2.21. The zero-order chi connectivity index (χ0) is 10.6. The van der Waals surface area contributed by atoms with Gasteiger partial charge in [0.25, 0.3) is 0 Å². The molecule has 0 aromatic rings. The minimum absolute atomic E-state index is 0.0608. The molecule has 0 bridgehead atoms. The van der Waals surface area contributed by atoms with Crippen LogP contribution in [0.5, 0.6) is 0 Å². The van der Waals surface area contributed by atoms with Crippen molar-refractivity contribution < 1.29 is 14.3 Å². The highest BCUT2D eigenvalue weighted by Crippen LogP contribution is 2.08. The fourth-order valence-electron chi connectivity index (χ4n) is 1.14. The first-order valence-corrected chi connectivity index (χ1v) is 5.14. The first-order valence-electron chi connectivity index (χ1n) is 5.14. The lowest BCUT2D eigenvalue weighted by atomic mass is 10.1. The molecule has 0 aliphatic carbocycles. The Morgan fingerprint density at radius 1 is 1.50 bits per heavy atom. The first-order chi connectivity index (χ1) is 6.59. The number of hydrogen-bond acceptors (Lipinski definition) is 3. The van der Waals surface area contributed by atoms with Gasteiger partial charge in [-0.3, -0.25) is 0 Å². The highest BCUT2D eigenvalue weighted by molar-refractivity contribution is 5.67. The summed E-state index contributed by atoms with van der Waals surface area (Å²) in [5.74, 6) is 0.419. The highest BCUT2D eigenvalue weighted by atomic mass is 16.6. The first kappa shape index (κ1) is 11.3. The molecule has 0 radical (unpaired) electrons. The van der Waals surface area contributed by atoms with Crippen LogP contribution in [0, 0.1) is 5.92 Å². The Hall–Kier alpha value is -0.770. The average molecular weight is 201 g/mol. The third kappa shape index (κ3) is 3.54. The number of carbonyl (C=O) groups excluding carboxylic acids is 1. The summed E-state index contributed by atoms with van der Waals surface area (Å²) in [4.78, 5) is 11.3. The third-order valence-electron chi connectivity index (χ3n) is 2.51. The summed E-state index contributed by atoms with van der Waals surface area (Å²) >= 11 is 0. The van der Waals surface area contributed by atoms with Crippen LogP contribution in [0.1, 0.15) is 27.2 Å². The molecule has 1 aliphatic heterocycles. The van der Waals surface area contributed by atoms with Gasteiger partial charge in [0, 0.05) is 12.5 Å². The molecule has 1 heterocycles. The van der Waals surface area contributed by atoms with Crippen molar-refractivity contribution in [3.63, 3.8) is 0 Å². The topological polar surface area (TPSA) is 47.6 Å². The van der Waals surface area contributed by atoms with E-state index in [4.69, 9.17) is 9.47 Å². The maximum absolute atomic E-state index is 11.3. The van der Waals surface area contributed by atoms with Crippen LogP contribution < -0.4 is 5.32 Å². The Morgan fingerprint density at radius 2 is 2.21 bits per heavy atom. The SMILES string of the molecule is CC(C)C(C)NC(=O)OC1CCOC1. The van der Waals surface area contributed by atoms with E-state index in [-0.39, 0.29) is 18.2 Å². The normalized spacial score (nSPS) is 23.6. The van der Waals surface area contributed by atoms with E-state index in [2.05, 4.69) is 19.2 Å². The van der Waals surface area contributed by atoms with E-state index in [9.17, 15) is 4.79 Å². The molecular weight excluding hydrogens is 182 g/mol. The van der Waals surface area contributed by atoms with Crippen molar-refractivity contribution in [3.8, 4) is 0 Å². The van der Waals surface area contributed by atoms with Crippen LogP contribution in [0.25, 0.3) is 0 Å². The van der Waals surface area contributed by atoms with Crippen molar-refractivity contribution in [1.82, 2.24) is 5.32 Å². The molecule has 14 heavy (non-hydrogen) atoms. The Bertz CT molecular complexity index is 182. The summed E-state index contributed by atoms with van der Waals surface area (Å²) in [5, 5.41) is 2.79. The lowest BCUT2D eigenvalue weighted by molar-refractivity contribution is 0.0799. The van der Waals surface area contributed by atoms with E-state index in [0.717, 1.165) is 6.42 Å². The minimum Gasteiger partial charge on any atom is -0.444 e. The van der Waals surface area contributed by atoms with Crippen LogP contribution in [0.2, 0.25) is 0 Å². The molecule has 0 saturated carbocycles. The smallest absolute Gasteiger partial charge is 0.407 e. The van der Waals surface area contributed by atoms with Crippen molar-refractivity contribution in [1.29, 1.82) is 0 Å². The standard InChI is InChI=1S/C10H19NO3/c1-7(2)8(3)11-10(12)14-9-4-5-13-6-9/h7-9H,4-6H2,1-3H3,(H,11,12). The summed E-state index contributed by atoms with van der Waals surface area (Å²) < 4.78 is 10.3. The fourth-order valence-corrected chi connectivity index (χ4v) is 1.14. The molecular formula is C10H19NO3. The zero-order valence-electron chi connectivity index (χ0n) is 9.08. The molecule has 1 N–H and O–H groups in total. The Morgan fingerprint density at radius 3 is 2.71 bits per heavy atom. The van der Waals surface area contributed by atoms with E-state index in [1.54, 1.807) is 0 Å². The maximum atomic E-state index is 11.3. The third-order valence-corrected chi connectivity index (χ3v) is 2.51. The molecule has 4 nitrogen and oxygen atoms in total. The summed E-state index contributed by atoms with van der Waals surface area (Å²) in [7, 11) is 0. The molecule has 1 saturated heterocycles. The molecule has 4 heteroatoms. The number of ether oxygens (including phenoxy) is 2. The molecule has 2 atom stereocenters. The van der Waals surface area contributed by atoms with E-state index in [0.29, 0.717) is 19.1 Å². The van der Waals surface area contributed by atoms with Gasteiger partial charge in [-0.1, -0.05) is 13.8 Å². The molecule has 0 aromatic carbocycles. The molecule has 2 unspecified atom stereocenters. The second-order valence-electron chi connectivity index (χ2n) is 4.07. The molecule has 0 spiro atoms. The van der Waals surface area contributed by atoms with Crippen molar-refractivity contribution in [3.05, 3.63) is 0 Å². The molecule has 1 fully saturated rings. The predicted octanol–water partition coefficient (Wildman–Crippen LogP) is 1.55. The number of nitrogens with one attached hydrogen (secondary N) is 1. The second-order valence-corrected chi connectivity index (χ2v) is 4.07. The number of hydrogen-bond donors (Lipinski definition) is 1. The van der Waals surface area contributed by atoms with Crippen LogP contribution in [-0.4, -0.2) is 31.5 Å². The van der Waals surface area contributed by atoms with E-state index >= 15 is 0 Å². The van der Waals surface area contributed by atoms with Crippen molar-refractivity contribution in [2.45, 2.75) is 39.3 Å². The van der Waals surface area contributed by atoms with Gasteiger partial charge in [0.15, 0.2) is 0 Å².